The van der Waals surface area contributed by atoms with E-state index in [0.29, 0.717) is 0 Å². The number of nitrogens with zero attached hydrogens (tertiary/aromatic N) is 1. The van der Waals surface area contributed by atoms with Gasteiger partial charge in [-0.25, -0.2) is 0 Å². The Morgan fingerprint density at radius 2 is 2.00 bits per heavy atom. The van der Waals surface area contributed by atoms with E-state index in [1.54, 1.807) is 0 Å². The zero-order chi connectivity index (χ0) is 8.48. The van der Waals surface area contributed by atoms with Crippen LogP contribution in [0.15, 0.2) is 0 Å². The van der Waals surface area contributed by atoms with Crippen LogP contribution < -0.4 is 0 Å². The summed E-state index contributed by atoms with van der Waals surface area (Å²) < 4.78 is 1.32. The molecule has 1 saturated heterocycles. The molecule has 0 amide bonds. The van der Waals surface area contributed by atoms with E-state index >= 15 is 0 Å². The van der Waals surface area contributed by atoms with Gasteiger partial charge >= 0.3 is 0 Å². The molecule has 0 radical (unpaired) electrons. The molecule has 1 nitrogen and oxygen atoms in total. The van der Waals surface area contributed by atoms with E-state index < -0.39 is 0 Å². The number of hydrogen-bond donors (Lipinski definition) is 0. The van der Waals surface area contributed by atoms with Crippen molar-refractivity contribution < 1.29 is 4.48 Å². The summed E-state index contributed by atoms with van der Waals surface area (Å²) >= 11 is 0. The summed E-state index contributed by atoms with van der Waals surface area (Å²) in [5.74, 6) is 0.946. The van der Waals surface area contributed by atoms with Gasteiger partial charge in [-0.1, -0.05) is 13.8 Å². The third-order valence-corrected chi connectivity index (χ3v) is 3.27. The molecule has 0 saturated carbocycles. The van der Waals surface area contributed by atoms with E-state index in [4.69, 9.17) is 0 Å². The predicted molar refractivity (Wildman–Crippen MR) is 49.5 cm³/mol. The fraction of sp³-hybridized carbons (Fsp3) is 1.00. The second-order valence-corrected chi connectivity index (χ2v) is 4.58. The second kappa shape index (κ2) is 3.14. The van der Waals surface area contributed by atoms with Crippen LogP contribution in [0.1, 0.15) is 33.6 Å². The summed E-state index contributed by atoms with van der Waals surface area (Å²) in [5, 5.41) is 0. The normalized spacial score (nSPS) is 44.7. The second-order valence-electron chi connectivity index (χ2n) is 4.58. The van der Waals surface area contributed by atoms with Crippen LogP contribution in [0.3, 0.4) is 0 Å². The van der Waals surface area contributed by atoms with E-state index in [-0.39, 0.29) is 0 Å². The van der Waals surface area contributed by atoms with Crippen LogP contribution in [0.5, 0.6) is 0 Å². The molecular weight excluding hydrogens is 134 g/mol. The molecule has 3 atom stereocenters. The summed E-state index contributed by atoms with van der Waals surface area (Å²) in [6, 6.07) is 0.893. The molecule has 1 heterocycles. The van der Waals surface area contributed by atoms with E-state index in [0.717, 1.165) is 12.0 Å². The Balaban J connectivity index is 2.55. The lowest BCUT2D eigenvalue weighted by Gasteiger charge is -2.34. The van der Waals surface area contributed by atoms with Gasteiger partial charge in [0.15, 0.2) is 0 Å². The Labute approximate surface area is 71.0 Å². The summed E-state index contributed by atoms with van der Waals surface area (Å²) in [4.78, 5) is 0. The van der Waals surface area contributed by atoms with Gasteiger partial charge in [0.25, 0.3) is 0 Å². The highest BCUT2D eigenvalue weighted by Gasteiger charge is 2.37. The summed E-state index contributed by atoms with van der Waals surface area (Å²) in [5.41, 5.74) is 0. The van der Waals surface area contributed by atoms with Crippen LogP contribution in [0.4, 0.5) is 0 Å². The van der Waals surface area contributed by atoms with E-state index in [1.165, 1.54) is 30.4 Å². The molecule has 11 heavy (non-hydrogen) atoms. The molecule has 1 aliphatic heterocycles. The topological polar surface area (TPSA) is 0 Å². The molecule has 0 aromatic rings. The van der Waals surface area contributed by atoms with Crippen LogP contribution in [0.2, 0.25) is 0 Å². The van der Waals surface area contributed by atoms with Gasteiger partial charge in [0.05, 0.1) is 26.2 Å². The Morgan fingerprint density at radius 3 is 2.36 bits per heavy atom. The standard InChI is InChI=1S/C10H22N/c1-5-6-11(4)8-9(2)7-10(11)3/h9-10H,5-8H2,1-4H3/q+1. The van der Waals surface area contributed by atoms with Crippen molar-refractivity contribution in [3.8, 4) is 0 Å². The number of hydrogen-bond acceptors (Lipinski definition) is 0. The average molecular weight is 156 g/mol. The lowest BCUT2D eigenvalue weighted by molar-refractivity contribution is -0.920. The van der Waals surface area contributed by atoms with Crippen molar-refractivity contribution in [2.45, 2.75) is 39.7 Å². The minimum absolute atomic E-state index is 0.893. The summed E-state index contributed by atoms with van der Waals surface area (Å²) in [7, 11) is 2.41. The maximum atomic E-state index is 2.41. The minimum Gasteiger partial charge on any atom is -0.324 e. The largest absolute Gasteiger partial charge is 0.324 e. The van der Waals surface area contributed by atoms with Crippen molar-refractivity contribution in [3.05, 3.63) is 0 Å². The maximum absolute atomic E-state index is 2.41. The minimum atomic E-state index is 0.893. The lowest BCUT2D eigenvalue weighted by atomic mass is 10.1. The first kappa shape index (κ1) is 9.05. The van der Waals surface area contributed by atoms with Crippen molar-refractivity contribution >= 4 is 0 Å². The third-order valence-electron chi connectivity index (χ3n) is 3.27. The first-order valence-electron chi connectivity index (χ1n) is 4.92. The highest BCUT2D eigenvalue weighted by Crippen LogP contribution is 2.28. The van der Waals surface area contributed by atoms with Gasteiger partial charge < -0.3 is 4.48 Å². The molecule has 0 bridgehead atoms. The predicted octanol–water partition coefficient (Wildman–Crippen LogP) is 2.27. The van der Waals surface area contributed by atoms with Gasteiger partial charge in [-0.15, -0.1) is 0 Å². The smallest absolute Gasteiger partial charge is 0.0864 e. The fourth-order valence-corrected chi connectivity index (χ4v) is 2.63. The Kier molecular flexibility index (Phi) is 2.58. The van der Waals surface area contributed by atoms with Crippen molar-refractivity contribution in [2.75, 3.05) is 20.1 Å². The first-order valence-corrected chi connectivity index (χ1v) is 4.92. The van der Waals surface area contributed by atoms with Crippen molar-refractivity contribution in [3.63, 3.8) is 0 Å². The highest BCUT2D eigenvalue weighted by atomic mass is 15.4. The van der Waals surface area contributed by atoms with Gasteiger partial charge in [0, 0.05) is 12.3 Å². The van der Waals surface area contributed by atoms with Crippen LogP contribution in [0.25, 0.3) is 0 Å². The molecule has 0 N–H and O–H groups in total. The quantitative estimate of drug-likeness (QED) is 0.538. The van der Waals surface area contributed by atoms with Gasteiger partial charge in [-0.3, -0.25) is 0 Å². The number of likely N-dealkylation sites (tertiary alicyclic amines) is 1. The van der Waals surface area contributed by atoms with Crippen molar-refractivity contribution in [2.24, 2.45) is 5.92 Å². The fourth-order valence-electron chi connectivity index (χ4n) is 2.63. The van der Waals surface area contributed by atoms with Crippen LogP contribution in [-0.4, -0.2) is 30.7 Å². The van der Waals surface area contributed by atoms with Crippen molar-refractivity contribution in [1.82, 2.24) is 0 Å². The Hall–Kier alpha value is -0.0400. The van der Waals surface area contributed by atoms with Gasteiger partial charge in [0.2, 0.25) is 0 Å². The summed E-state index contributed by atoms with van der Waals surface area (Å²) in [6.07, 6.45) is 2.75. The Morgan fingerprint density at radius 1 is 1.36 bits per heavy atom. The van der Waals surface area contributed by atoms with E-state index in [9.17, 15) is 0 Å². The average Bonchev–Trinajstić information content (AvgIpc) is 2.08. The molecule has 1 rings (SSSR count). The zero-order valence-electron chi connectivity index (χ0n) is 8.43. The Bertz CT molecular complexity index is 133. The van der Waals surface area contributed by atoms with Crippen LogP contribution >= 0.6 is 0 Å². The molecule has 3 unspecified atom stereocenters. The molecule has 1 fully saturated rings. The maximum Gasteiger partial charge on any atom is 0.0864 e. The van der Waals surface area contributed by atoms with E-state index in [2.05, 4.69) is 27.8 Å². The van der Waals surface area contributed by atoms with Gasteiger partial charge in [-0.05, 0) is 13.3 Å². The molecule has 0 aromatic heterocycles. The monoisotopic (exact) mass is 156 g/mol. The lowest BCUT2D eigenvalue weighted by Crippen LogP contribution is -2.47. The molecule has 1 heteroatoms. The van der Waals surface area contributed by atoms with Crippen LogP contribution in [0, 0.1) is 5.92 Å². The first-order chi connectivity index (χ1) is 5.08. The van der Waals surface area contributed by atoms with Crippen molar-refractivity contribution in [1.29, 1.82) is 0 Å². The van der Waals surface area contributed by atoms with Gasteiger partial charge in [0.1, 0.15) is 0 Å². The molecule has 0 aliphatic carbocycles. The number of quaternary nitrogens is 1. The summed E-state index contributed by atoms with van der Waals surface area (Å²) in [6.45, 7) is 9.84. The third kappa shape index (κ3) is 1.76. The molecule has 1 aliphatic rings. The highest BCUT2D eigenvalue weighted by molar-refractivity contribution is 4.68. The molecule has 0 aromatic carbocycles. The SMILES string of the molecule is CCC[N+]1(C)CC(C)CC1C. The molecule has 66 valence electrons. The van der Waals surface area contributed by atoms with E-state index in [1.807, 2.05) is 0 Å². The zero-order valence-corrected chi connectivity index (χ0v) is 8.43. The molecular formula is C10H22N+. The number of rotatable bonds is 2. The van der Waals surface area contributed by atoms with Gasteiger partial charge in [-0.2, -0.15) is 0 Å². The molecule has 0 spiro atoms. The van der Waals surface area contributed by atoms with Crippen LogP contribution in [-0.2, 0) is 0 Å².